The SMILES string of the molecule is Cc1cc(Nc2nc(C)cs2)nc([C@H]2CCN(S(=O)(=O)N(C)C)C2)n1. The lowest BCUT2D eigenvalue weighted by atomic mass is 10.1. The van der Waals surface area contributed by atoms with Gasteiger partial charge in [-0.1, -0.05) is 0 Å². The monoisotopic (exact) mass is 382 g/mol. The van der Waals surface area contributed by atoms with Gasteiger partial charge >= 0.3 is 0 Å². The summed E-state index contributed by atoms with van der Waals surface area (Å²) in [6.07, 6.45) is 0.715. The van der Waals surface area contributed by atoms with Gasteiger partial charge < -0.3 is 5.32 Å². The first-order chi connectivity index (χ1) is 11.8. The number of hydrogen-bond donors (Lipinski definition) is 1. The third-order valence-electron chi connectivity index (χ3n) is 4.03. The van der Waals surface area contributed by atoms with Gasteiger partial charge in [0.25, 0.3) is 10.2 Å². The highest BCUT2D eigenvalue weighted by molar-refractivity contribution is 7.86. The topological polar surface area (TPSA) is 91.3 Å². The molecule has 1 aliphatic heterocycles. The molecule has 1 atom stereocenters. The van der Waals surface area contributed by atoms with Crippen LogP contribution in [0.1, 0.15) is 29.6 Å². The summed E-state index contributed by atoms with van der Waals surface area (Å²) in [6.45, 7) is 4.74. The molecule has 1 fully saturated rings. The van der Waals surface area contributed by atoms with Crippen LogP contribution in [0.5, 0.6) is 0 Å². The lowest BCUT2D eigenvalue weighted by molar-refractivity contribution is 0.418. The summed E-state index contributed by atoms with van der Waals surface area (Å²) in [5.74, 6) is 1.35. The fraction of sp³-hybridized carbons (Fsp3) is 0.533. The Hall–Kier alpha value is -1.62. The van der Waals surface area contributed by atoms with Crippen molar-refractivity contribution in [2.24, 2.45) is 0 Å². The van der Waals surface area contributed by atoms with Gasteiger partial charge in [-0.25, -0.2) is 15.0 Å². The number of anilines is 2. The van der Waals surface area contributed by atoms with E-state index in [4.69, 9.17) is 0 Å². The Morgan fingerprint density at radius 3 is 2.64 bits per heavy atom. The van der Waals surface area contributed by atoms with Crippen molar-refractivity contribution in [3.8, 4) is 0 Å². The van der Waals surface area contributed by atoms with Gasteiger partial charge in [-0.2, -0.15) is 17.0 Å². The van der Waals surface area contributed by atoms with Crippen molar-refractivity contribution in [1.82, 2.24) is 23.6 Å². The number of nitrogens with zero attached hydrogens (tertiary/aromatic N) is 5. The molecule has 1 aliphatic rings. The Balaban J connectivity index is 1.79. The van der Waals surface area contributed by atoms with E-state index in [1.165, 1.54) is 19.9 Å². The molecule has 2 aromatic heterocycles. The van der Waals surface area contributed by atoms with E-state index in [1.54, 1.807) is 14.1 Å². The third-order valence-corrected chi connectivity index (χ3v) is 6.81. The normalized spacial score (nSPS) is 18.8. The Kier molecular flexibility index (Phi) is 5.05. The minimum absolute atomic E-state index is 0.00629. The summed E-state index contributed by atoms with van der Waals surface area (Å²) in [4.78, 5) is 13.5. The molecule has 0 unspecified atom stereocenters. The van der Waals surface area contributed by atoms with Crippen molar-refractivity contribution in [3.63, 3.8) is 0 Å². The Bertz CT molecular complexity index is 865. The van der Waals surface area contributed by atoms with E-state index >= 15 is 0 Å². The van der Waals surface area contributed by atoms with Crippen LogP contribution < -0.4 is 5.32 Å². The molecule has 0 amide bonds. The highest BCUT2D eigenvalue weighted by Gasteiger charge is 2.34. The van der Waals surface area contributed by atoms with Gasteiger partial charge in [0.15, 0.2) is 5.13 Å². The van der Waals surface area contributed by atoms with Crippen LogP contribution in [-0.4, -0.2) is 59.2 Å². The maximum Gasteiger partial charge on any atom is 0.281 e. The molecule has 0 aromatic carbocycles. The Morgan fingerprint density at radius 1 is 1.24 bits per heavy atom. The van der Waals surface area contributed by atoms with Crippen molar-refractivity contribution in [1.29, 1.82) is 0 Å². The molecule has 0 spiro atoms. The number of aromatic nitrogens is 3. The van der Waals surface area contributed by atoms with Gasteiger partial charge in [-0.05, 0) is 20.3 Å². The van der Waals surface area contributed by atoms with E-state index in [2.05, 4.69) is 20.3 Å². The molecule has 8 nitrogen and oxygen atoms in total. The average Bonchev–Trinajstić information content (AvgIpc) is 3.16. The fourth-order valence-corrected chi connectivity index (χ4v) is 4.60. The minimum atomic E-state index is -3.40. The van der Waals surface area contributed by atoms with Gasteiger partial charge in [0.05, 0.1) is 5.69 Å². The zero-order chi connectivity index (χ0) is 18.2. The number of thiazole rings is 1. The van der Waals surface area contributed by atoms with Gasteiger partial charge in [0.2, 0.25) is 0 Å². The van der Waals surface area contributed by atoms with E-state index in [1.807, 2.05) is 25.3 Å². The van der Waals surface area contributed by atoms with E-state index in [0.717, 1.165) is 16.5 Å². The second-order valence-electron chi connectivity index (χ2n) is 6.31. The van der Waals surface area contributed by atoms with Crippen molar-refractivity contribution < 1.29 is 8.42 Å². The van der Waals surface area contributed by atoms with E-state index < -0.39 is 10.2 Å². The van der Waals surface area contributed by atoms with Gasteiger partial charge in [-0.3, -0.25) is 0 Å². The number of rotatable bonds is 5. The highest BCUT2D eigenvalue weighted by Crippen LogP contribution is 2.29. The molecular formula is C15H22N6O2S2. The number of hydrogen-bond acceptors (Lipinski definition) is 7. The van der Waals surface area contributed by atoms with E-state index in [0.29, 0.717) is 31.2 Å². The Labute approximate surface area is 152 Å². The fourth-order valence-electron chi connectivity index (χ4n) is 2.74. The number of aryl methyl sites for hydroxylation is 2. The van der Waals surface area contributed by atoms with E-state index in [-0.39, 0.29) is 5.92 Å². The molecule has 1 N–H and O–H groups in total. The van der Waals surface area contributed by atoms with Crippen LogP contribution in [0.15, 0.2) is 11.4 Å². The van der Waals surface area contributed by atoms with Crippen LogP contribution in [0.2, 0.25) is 0 Å². The summed E-state index contributed by atoms with van der Waals surface area (Å²) in [5, 5.41) is 5.96. The van der Waals surface area contributed by atoms with Crippen LogP contribution >= 0.6 is 11.3 Å². The smallest absolute Gasteiger partial charge is 0.281 e. The molecule has 1 saturated heterocycles. The van der Waals surface area contributed by atoms with E-state index in [9.17, 15) is 8.42 Å². The average molecular weight is 383 g/mol. The van der Waals surface area contributed by atoms with Crippen molar-refractivity contribution >= 4 is 32.5 Å². The van der Waals surface area contributed by atoms with Crippen molar-refractivity contribution in [2.45, 2.75) is 26.2 Å². The van der Waals surface area contributed by atoms with Crippen LogP contribution in [0.25, 0.3) is 0 Å². The zero-order valence-electron chi connectivity index (χ0n) is 14.7. The zero-order valence-corrected chi connectivity index (χ0v) is 16.4. The molecular weight excluding hydrogens is 360 g/mol. The number of nitrogens with one attached hydrogen (secondary N) is 1. The van der Waals surface area contributed by atoms with Crippen LogP contribution in [0.4, 0.5) is 10.9 Å². The van der Waals surface area contributed by atoms with Crippen LogP contribution in [0.3, 0.4) is 0 Å². The minimum Gasteiger partial charge on any atom is -0.316 e. The third kappa shape index (κ3) is 3.97. The molecule has 2 aromatic rings. The van der Waals surface area contributed by atoms with Crippen molar-refractivity contribution in [2.75, 3.05) is 32.5 Å². The lowest BCUT2D eigenvalue weighted by Crippen LogP contribution is -2.38. The quantitative estimate of drug-likeness (QED) is 0.849. The molecule has 0 radical (unpaired) electrons. The molecule has 3 rings (SSSR count). The molecule has 0 saturated carbocycles. The molecule has 10 heteroatoms. The highest BCUT2D eigenvalue weighted by atomic mass is 32.2. The van der Waals surface area contributed by atoms with Crippen LogP contribution in [0, 0.1) is 13.8 Å². The maximum atomic E-state index is 12.3. The summed E-state index contributed by atoms with van der Waals surface area (Å²) in [6, 6.07) is 1.86. The summed E-state index contributed by atoms with van der Waals surface area (Å²) in [5.41, 5.74) is 1.80. The van der Waals surface area contributed by atoms with Crippen LogP contribution in [-0.2, 0) is 10.2 Å². The van der Waals surface area contributed by atoms with Gasteiger partial charge in [-0.15, -0.1) is 11.3 Å². The predicted molar refractivity (Wildman–Crippen MR) is 98.4 cm³/mol. The predicted octanol–water partition coefficient (Wildman–Crippen LogP) is 1.89. The van der Waals surface area contributed by atoms with Crippen molar-refractivity contribution in [3.05, 3.63) is 28.7 Å². The van der Waals surface area contributed by atoms with Gasteiger partial charge in [0, 0.05) is 50.2 Å². The largest absolute Gasteiger partial charge is 0.316 e. The first-order valence-corrected chi connectivity index (χ1v) is 10.3. The summed E-state index contributed by atoms with van der Waals surface area (Å²) in [7, 11) is -0.305. The molecule has 0 bridgehead atoms. The lowest BCUT2D eigenvalue weighted by Gasteiger charge is -2.20. The summed E-state index contributed by atoms with van der Waals surface area (Å²) < 4.78 is 27.3. The first-order valence-electron chi connectivity index (χ1n) is 7.98. The van der Waals surface area contributed by atoms with Gasteiger partial charge in [0.1, 0.15) is 11.6 Å². The molecule has 3 heterocycles. The molecule has 25 heavy (non-hydrogen) atoms. The Morgan fingerprint density at radius 2 is 2.00 bits per heavy atom. The summed E-state index contributed by atoms with van der Waals surface area (Å²) >= 11 is 1.52. The second kappa shape index (κ2) is 6.94. The standard InChI is InChI=1S/C15H22N6O2S2/c1-10-7-13(19-15-17-11(2)9-24-15)18-14(16-10)12-5-6-21(8-12)25(22,23)20(3)4/h7,9,12H,5-6,8H2,1-4H3,(H,16,17,18,19)/t12-/m0/s1. The maximum absolute atomic E-state index is 12.3. The molecule has 0 aliphatic carbocycles. The second-order valence-corrected chi connectivity index (χ2v) is 9.31. The molecule has 136 valence electrons. The first kappa shape index (κ1) is 18.2.